The molecule has 0 spiro atoms. The Hall–Kier alpha value is -1.31. The van der Waals surface area contributed by atoms with Crippen molar-refractivity contribution in [2.45, 2.75) is 26.3 Å². The van der Waals surface area contributed by atoms with E-state index < -0.39 is 0 Å². The molecule has 1 aliphatic rings. The molecule has 1 aliphatic heterocycles. The van der Waals surface area contributed by atoms with E-state index in [1.165, 1.54) is 5.56 Å². The molecule has 0 saturated heterocycles. The molecule has 1 aromatic rings. The first-order valence-corrected chi connectivity index (χ1v) is 4.58. The fourth-order valence-electron chi connectivity index (χ4n) is 1.89. The van der Waals surface area contributed by atoms with Gasteiger partial charge in [0.05, 0.1) is 0 Å². The third-order valence-corrected chi connectivity index (χ3v) is 2.47. The number of Topliss-reactive ketones (excluding diaryl/α,β-unsaturated/α-hetero) is 1. The number of hydrogen-bond acceptors (Lipinski definition) is 2. The van der Waals surface area contributed by atoms with Crippen molar-refractivity contribution >= 4 is 11.5 Å². The lowest BCUT2D eigenvalue weighted by atomic mass is 10.0. The summed E-state index contributed by atoms with van der Waals surface area (Å²) in [4.78, 5) is 11.3. The lowest BCUT2D eigenvalue weighted by Gasteiger charge is -2.03. The van der Waals surface area contributed by atoms with E-state index in [-0.39, 0.29) is 5.78 Å². The maximum absolute atomic E-state index is 11.3. The molecule has 0 aromatic heterocycles. The molecule has 1 atom stereocenters. The highest BCUT2D eigenvalue weighted by Crippen LogP contribution is 2.28. The number of carbonyl (C=O) groups is 1. The third kappa shape index (κ3) is 1.32. The molecule has 1 aromatic carbocycles. The Bertz CT molecular complexity index is 357. The highest BCUT2D eigenvalue weighted by molar-refractivity contribution is 5.97. The van der Waals surface area contributed by atoms with Crippen molar-refractivity contribution in [3.8, 4) is 0 Å². The first-order chi connectivity index (χ1) is 6.18. The minimum absolute atomic E-state index is 0.160. The van der Waals surface area contributed by atoms with Crippen LogP contribution >= 0.6 is 0 Å². The van der Waals surface area contributed by atoms with Gasteiger partial charge in [-0.05, 0) is 31.9 Å². The quantitative estimate of drug-likeness (QED) is 0.663. The molecule has 0 radical (unpaired) electrons. The highest BCUT2D eigenvalue weighted by atomic mass is 16.1. The smallest absolute Gasteiger partial charge is 0.160 e. The van der Waals surface area contributed by atoms with Gasteiger partial charge in [-0.1, -0.05) is 12.1 Å². The van der Waals surface area contributed by atoms with Gasteiger partial charge in [0.1, 0.15) is 0 Å². The van der Waals surface area contributed by atoms with E-state index in [1.54, 1.807) is 6.92 Å². The molecule has 0 bridgehead atoms. The molecule has 2 heteroatoms. The van der Waals surface area contributed by atoms with Gasteiger partial charge in [0, 0.05) is 17.3 Å². The van der Waals surface area contributed by atoms with Crippen LogP contribution in [0.15, 0.2) is 18.2 Å². The van der Waals surface area contributed by atoms with Crippen molar-refractivity contribution in [2.75, 3.05) is 5.32 Å². The molecule has 0 saturated carbocycles. The van der Waals surface area contributed by atoms with Crippen molar-refractivity contribution in [3.63, 3.8) is 0 Å². The van der Waals surface area contributed by atoms with E-state index in [0.717, 1.165) is 17.7 Å². The Morgan fingerprint density at radius 3 is 3.00 bits per heavy atom. The van der Waals surface area contributed by atoms with Crippen molar-refractivity contribution in [1.29, 1.82) is 0 Å². The molecule has 0 amide bonds. The van der Waals surface area contributed by atoms with Crippen LogP contribution in [-0.4, -0.2) is 11.8 Å². The van der Waals surface area contributed by atoms with E-state index in [9.17, 15) is 4.79 Å². The number of anilines is 1. The third-order valence-electron chi connectivity index (χ3n) is 2.47. The van der Waals surface area contributed by atoms with Gasteiger partial charge >= 0.3 is 0 Å². The molecule has 13 heavy (non-hydrogen) atoms. The minimum atomic E-state index is 0.160. The number of nitrogens with one attached hydrogen (secondary N) is 1. The molecule has 68 valence electrons. The largest absolute Gasteiger partial charge is 0.382 e. The summed E-state index contributed by atoms with van der Waals surface area (Å²) in [6, 6.07) is 6.32. The van der Waals surface area contributed by atoms with Crippen LogP contribution in [0, 0.1) is 0 Å². The minimum Gasteiger partial charge on any atom is -0.382 e. The summed E-state index contributed by atoms with van der Waals surface area (Å²) < 4.78 is 0. The normalized spacial score (nSPS) is 19.4. The van der Waals surface area contributed by atoms with Crippen LogP contribution in [0.5, 0.6) is 0 Å². The second-order valence-corrected chi connectivity index (χ2v) is 3.64. The van der Waals surface area contributed by atoms with Crippen LogP contribution < -0.4 is 5.32 Å². The average molecular weight is 175 g/mol. The molecule has 1 heterocycles. The van der Waals surface area contributed by atoms with Crippen LogP contribution in [-0.2, 0) is 6.42 Å². The second-order valence-electron chi connectivity index (χ2n) is 3.64. The van der Waals surface area contributed by atoms with Crippen molar-refractivity contribution < 1.29 is 4.79 Å². The molecule has 1 unspecified atom stereocenters. The molecule has 2 rings (SSSR count). The topological polar surface area (TPSA) is 29.1 Å². The van der Waals surface area contributed by atoms with Crippen LogP contribution in [0.3, 0.4) is 0 Å². The Morgan fingerprint density at radius 2 is 2.31 bits per heavy atom. The van der Waals surface area contributed by atoms with Gasteiger partial charge in [-0.25, -0.2) is 0 Å². The predicted molar refractivity (Wildman–Crippen MR) is 53.2 cm³/mol. The summed E-state index contributed by atoms with van der Waals surface area (Å²) in [7, 11) is 0. The zero-order valence-electron chi connectivity index (χ0n) is 7.92. The van der Waals surface area contributed by atoms with Crippen LogP contribution in [0.4, 0.5) is 5.69 Å². The molecule has 0 aliphatic carbocycles. The Kier molecular flexibility index (Phi) is 1.83. The van der Waals surface area contributed by atoms with Gasteiger partial charge in [-0.15, -0.1) is 0 Å². The summed E-state index contributed by atoms with van der Waals surface area (Å²) >= 11 is 0. The van der Waals surface area contributed by atoms with Crippen molar-refractivity contribution in [2.24, 2.45) is 0 Å². The van der Waals surface area contributed by atoms with E-state index in [2.05, 4.69) is 12.2 Å². The van der Waals surface area contributed by atoms with Gasteiger partial charge in [0.2, 0.25) is 0 Å². The molecule has 0 fully saturated rings. The van der Waals surface area contributed by atoms with Gasteiger partial charge in [-0.3, -0.25) is 4.79 Å². The van der Waals surface area contributed by atoms with Gasteiger partial charge in [0.25, 0.3) is 0 Å². The van der Waals surface area contributed by atoms with Gasteiger partial charge in [0.15, 0.2) is 5.78 Å². The SMILES string of the molecule is CC(=O)c1cccc2c1CC(C)N2. The summed E-state index contributed by atoms with van der Waals surface area (Å²) in [5.74, 6) is 0.160. The summed E-state index contributed by atoms with van der Waals surface area (Å²) in [5, 5.41) is 3.34. The summed E-state index contributed by atoms with van der Waals surface area (Å²) in [6.45, 7) is 3.75. The number of ketones is 1. The Balaban J connectivity index is 2.51. The summed E-state index contributed by atoms with van der Waals surface area (Å²) in [6.07, 6.45) is 0.963. The van der Waals surface area contributed by atoms with E-state index >= 15 is 0 Å². The van der Waals surface area contributed by atoms with Gasteiger partial charge < -0.3 is 5.32 Å². The Labute approximate surface area is 78.0 Å². The molecule has 2 nitrogen and oxygen atoms in total. The van der Waals surface area contributed by atoms with E-state index in [4.69, 9.17) is 0 Å². The number of benzene rings is 1. The lowest BCUT2D eigenvalue weighted by Crippen LogP contribution is -2.08. The Morgan fingerprint density at radius 1 is 1.54 bits per heavy atom. The predicted octanol–water partition coefficient (Wildman–Crippen LogP) is 2.25. The van der Waals surface area contributed by atoms with Crippen LogP contribution in [0.25, 0.3) is 0 Å². The number of carbonyl (C=O) groups excluding carboxylic acids is 1. The summed E-state index contributed by atoms with van der Waals surface area (Å²) in [5.41, 5.74) is 3.18. The fourth-order valence-corrected chi connectivity index (χ4v) is 1.89. The molecule has 1 N–H and O–H groups in total. The van der Waals surface area contributed by atoms with Crippen molar-refractivity contribution in [1.82, 2.24) is 0 Å². The van der Waals surface area contributed by atoms with Crippen molar-refractivity contribution in [3.05, 3.63) is 29.3 Å². The highest BCUT2D eigenvalue weighted by Gasteiger charge is 2.20. The van der Waals surface area contributed by atoms with E-state index in [0.29, 0.717) is 6.04 Å². The number of fused-ring (bicyclic) bond motifs is 1. The maximum atomic E-state index is 11.3. The van der Waals surface area contributed by atoms with Crippen LogP contribution in [0.2, 0.25) is 0 Å². The zero-order valence-corrected chi connectivity index (χ0v) is 7.92. The molecular formula is C11H13NO. The fraction of sp³-hybridized carbons (Fsp3) is 0.364. The van der Waals surface area contributed by atoms with E-state index in [1.807, 2.05) is 18.2 Å². The number of rotatable bonds is 1. The standard InChI is InChI=1S/C11H13NO/c1-7-6-10-9(8(2)13)4-3-5-11(10)12-7/h3-5,7,12H,6H2,1-2H3. The zero-order chi connectivity index (χ0) is 9.42. The lowest BCUT2D eigenvalue weighted by molar-refractivity contribution is 0.101. The monoisotopic (exact) mass is 175 g/mol. The maximum Gasteiger partial charge on any atom is 0.160 e. The number of hydrogen-bond donors (Lipinski definition) is 1. The average Bonchev–Trinajstić information content (AvgIpc) is 2.43. The molecular weight excluding hydrogens is 162 g/mol. The first kappa shape index (κ1) is 8.30. The van der Waals surface area contributed by atoms with Gasteiger partial charge in [-0.2, -0.15) is 0 Å². The second kappa shape index (κ2) is 2.87. The van der Waals surface area contributed by atoms with Crippen LogP contribution in [0.1, 0.15) is 29.8 Å². The first-order valence-electron chi connectivity index (χ1n) is 4.58.